The first-order chi connectivity index (χ1) is 7.03. The maximum atomic E-state index is 2.73. The average Bonchev–Trinajstić information content (AvgIpc) is 2.55. The minimum atomic E-state index is 0.608. The molecule has 3 aliphatic carbocycles. The third-order valence-corrected chi connectivity index (χ3v) is 6.77. The number of hydrogen-bond acceptors (Lipinski definition) is 0. The van der Waals surface area contributed by atoms with Crippen molar-refractivity contribution in [3.8, 4) is 0 Å². The molecule has 0 amide bonds. The van der Waals surface area contributed by atoms with Crippen LogP contribution in [0.25, 0.3) is 0 Å². The molecule has 4 unspecified atom stereocenters. The molecule has 84 valence electrons. The molecule has 2 fully saturated rings. The third-order valence-electron chi connectivity index (χ3n) is 5.30. The van der Waals surface area contributed by atoms with Crippen LogP contribution in [0.3, 0.4) is 0 Å². The van der Waals surface area contributed by atoms with E-state index in [2.05, 4.69) is 43.4 Å². The first-order valence-corrected chi connectivity index (χ1v) is 7.49. The number of fused-ring (bicyclic) bond motifs is 3. The highest BCUT2D eigenvalue weighted by molar-refractivity contribution is 14.1. The fraction of sp³-hybridized carbons (Fsp3) is 0.857. The van der Waals surface area contributed by atoms with Crippen molar-refractivity contribution < 1.29 is 0 Å². The number of hydrogen-bond donors (Lipinski definition) is 0. The molecule has 0 aromatic heterocycles. The Balaban J connectivity index is 2.00. The van der Waals surface area contributed by atoms with E-state index in [1.165, 1.54) is 25.7 Å². The standard InChI is InChI=1S/C14H21I/c1-8-5-7-11-13(14(11,3)15)12-9(2)4-6-10(8)12/h8,10-11,13H,4-7H2,1-3H3/t8-,10?,11?,13?,14?/m0/s1. The van der Waals surface area contributed by atoms with Crippen LogP contribution < -0.4 is 0 Å². The quantitative estimate of drug-likeness (QED) is 0.348. The lowest BCUT2D eigenvalue weighted by Crippen LogP contribution is -2.14. The fourth-order valence-electron chi connectivity index (χ4n) is 4.26. The summed E-state index contributed by atoms with van der Waals surface area (Å²) in [5.41, 5.74) is 3.66. The smallest absolute Gasteiger partial charge is 0.0297 e. The van der Waals surface area contributed by atoms with Gasteiger partial charge < -0.3 is 0 Å². The molecule has 0 aromatic carbocycles. The van der Waals surface area contributed by atoms with Crippen molar-refractivity contribution in [2.75, 3.05) is 0 Å². The molecule has 15 heavy (non-hydrogen) atoms. The molecule has 0 bridgehead atoms. The van der Waals surface area contributed by atoms with E-state index in [1.54, 1.807) is 5.57 Å². The van der Waals surface area contributed by atoms with Crippen LogP contribution in [0, 0.1) is 23.7 Å². The van der Waals surface area contributed by atoms with Crippen LogP contribution in [-0.2, 0) is 0 Å². The highest BCUT2D eigenvalue weighted by atomic mass is 127. The van der Waals surface area contributed by atoms with Crippen molar-refractivity contribution in [1.82, 2.24) is 0 Å². The summed E-state index contributed by atoms with van der Waals surface area (Å²) in [6.07, 6.45) is 5.80. The van der Waals surface area contributed by atoms with Gasteiger partial charge in [-0.15, -0.1) is 0 Å². The molecule has 5 atom stereocenters. The summed E-state index contributed by atoms with van der Waals surface area (Å²) in [7, 11) is 0. The monoisotopic (exact) mass is 316 g/mol. The lowest BCUT2D eigenvalue weighted by Gasteiger charge is -2.22. The predicted molar refractivity (Wildman–Crippen MR) is 73.2 cm³/mol. The minimum Gasteiger partial charge on any atom is -0.0782 e. The zero-order valence-electron chi connectivity index (χ0n) is 10.0. The van der Waals surface area contributed by atoms with E-state index in [0.29, 0.717) is 3.42 Å². The lowest BCUT2D eigenvalue weighted by molar-refractivity contribution is 0.374. The van der Waals surface area contributed by atoms with Gasteiger partial charge in [-0.25, -0.2) is 0 Å². The van der Waals surface area contributed by atoms with Crippen LogP contribution in [0.1, 0.15) is 46.5 Å². The van der Waals surface area contributed by atoms with Gasteiger partial charge in [-0.05, 0) is 63.2 Å². The van der Waals surface area contributed by atoms with Gasteiger partial charge >= 0.3 is 0 Å². The molecule has 0 radical (unpaired) electrons. The van der Waals surface area contributed by atoms with Crippen LogP contribution in [0.2, 0.25) is 0 Å². The Labute approximate surface area is 107 Å². The first-order valence-electron chi connectivity index (χ1n) is 6.42. The molecule has 3 rings (SSSR count). The molecule has 2 saturated carbocycles. The van der Waals surface area contributed by atoms with E-state index in [-0.39, 0.29) is 0 Å². The van der Waals surface area contributed by atoms with Crippen LogP contribution in [0.4, 0.5) is 0 Å². The second kappa shape index (κ2) is 3.24. The van der Waals surface area contributed by atoms with E-state index >= 15 is 0 Å². The third kappa shape index (κ3) is 1.37. The van der Waals surface area contributed by atoms with Gasteiger partial charge in [0.05, 0.1) is 0 Å². The summed E-state index contributed by atoms with van der Waals surface area (Å²) in [5.74, 6) is 3.87. The van der Waals surface area contributed by atoms with E-state index in [1.807, 2.05) is 5.57 Å². The van der Waals surface area contributed by atoms with Gasteiger partial charge in [-0.2, -0.15) is 0 Å². The summed E-state index contributed by atoms with van der Waals surface area (Å²) < 4.78 is 0.608. The van der Waals surface area contributed by atoms with Crippen LogP contribution in [0.15, 0.2) is 11.1 Å². The maximum Gasteiger partial charge on any atom is 0.0297 e. The number of allylic oxidation sites excluding steroid dienone is 2. The summed E-state index contributed by atoms with van der Waals surface area (Å²) in [6.45, 7) is 7.36. The van der Waals surface area contributed by atoms with Crippen LogP contribution >= 0.6 is 22.6 Å². The van der Waals surface area contributed by atoms with E-state index < -0.39 is 0 Å². The molecule has 0 spiro atoms. The molecule has 3 aliphatic rings. The Morgan fingerprint density at radius 3 is 2.73 bits per heavy atom. The minimum absolute atomic E-state index is 0.608. The second-order valence-corrected chi connectivity index (χ2v) is 8.50. The molecule has 0 saturated heterocycles. The molecule has 0 aromatic rings. The van der Waals surface area contributed by atoms with Crippen molar-refractivity contribution in [3.63, 3.8) is 0 Å². The number of rotatable bonds is 0. The fourth-order valence-corrected chi connectivity index (χ4v) is 5.52. The van der Waals surface area contributed by atoms with Crippen molar-refractivity contribution in [3.05, 3.63) is 11.1 Å². The number of halogens is 1. The maximum absolute atomic E-state index is 2.73. The van der Waals surface area contributed by atoms with Gasteiger partial charge in [0.1, 0.15) is 0 Å². The molecule has 0 N–H and O–H groups in total. The van der Waals surface area contributed by atoms with Crippen LogP contribution in [0.5, 0.6) is 0 Å². The number of alkyl halides is 1. The molecule has 0 heterocycles. The van der Waals surface area contributed by atoms with E-state index in [0.717, 1.165) is 23.7 Å². The summed E-state index contributed by atoms with van der Waals surface area (Å²) in [5, 5.41) is 0. The van der Waals surface area contributed by atoms with Crippen LogP contribution in [-0.4, -0.2) is 3.42 Å². The Morgan fingerprint density at radius 2 is 2.00 bits per heavy atom. The highest BCUT2D eigenvalue weighted by Crippen LogP contribution is 2.68. The van der Waals surface area contributed by atoms with Crippen molar-refractivity contribution in [2.24, 2.45) is 23.7 Å². The van der Waals surface area contributed by atoms with Crippen molar-refractivity contribution in [1.29, 1.82) is 0 Å². The highest BCUT2D eigenvalue weighted by Gasteiger charge is 2.63. The SMILES string of the molecule is CC1=C2C(CC1)[C@@H](C)CCC1C2C1(C)I. The Bertz CT molecular complexity index is 326. The normalized spacial score (nSPS) is 53.6. The molecule has 1 heteroatoms. The Hall–Kier alpha value is 0.470. The summed E-state index contributed by atoms with van der Waals surface area (Å²) >= 11 is 2.73. The van der Waals surface area contributed by atoms with Gasteiger partial charge in [-0.1, -0.05) is 40.7 Å². The van der Waals surface area contributed by atoms with Gasteiger partial charge in [0.25, 0.3) is 0 Å². The van der Waals surface area contributed by atoms with E-state index in [4.69, 9.17) is 0 Å². The topological polar surface area (TPSA) is 0 Å². The predicted octanol–water partition coefficient (Wildman–Crippen LogP) is 4.58. The Kier molecular flexibility index (Phi) is 2.29. The van der Waals surface area contributed by atoms with Gasteiger partial charge in [0, 0.05) is 3.42 Å². The first kappa shape index (κ1) is 10.6. The lowest BCUT2D eigenvalue weighted by atomic mass is 9.84. The average molecular weight is 316 g/mol. The molecule has 0 aliphatic heterocycles. The van der Waals surface area contributed by atoms with Crippen molar-refractivity contribution in [2.45, 2.75) is 49.9 Å². The zero-order valence-corrected chi connectivity index (χ0v) is 12.2. The van der Waals surface area contributed by atoms with E-state index in [9.17, 15) is 0 Å². The molecule has 0 nitrogen and oxygen atoms in total. The van der Waals surface area contributed by atoms with Gasteiger partial charge in [0.15, 0.2) is 0 Å². The molecular formula is C14H21I. The molecular weight excluding hydrogens is 295 g/mol. The summed E-state index contributed by atoms with van der Waals surface area (Å²) in [6, 6.07) is 0. The van der Waals surface area contributed by atoms with Crippen molar-refractivity contribution >= 4 is 22.6 Å². The largest absolute Gasteiger partial charge is 0.0782 e. The second-order valence-electron chi connectivity index (χ2n) is 6.17. The Morgan fingerprint density at radius 1 is 1.27 bits per heavy atom. The summed E-state index contributed by atoms with van der Waals surface area (Å²) in [4.78, 5) is 0. The van der Waals surface area contributed by atoms with Gasteiger partial charge in [0.2, 0.25) is 0 Å². The zero-order chi connectivity index (χ0) is 10.8. The van der Waals surface area contributed by atoms with Gasteiger partial charge in [-0.3, -0.25) is 0 Å².